The maximum absolute atomic E-state index is 12.5. The Labute approximate surface area is 177 Å². The molecule has 0 saturated heterocycles. The van der Waals surface area contributed by atoms with Crippen molar-refractivity contribution in [3.05, 3.63) is 60.8 Å². The molecule has 2 aromatic carbocycles. The minimum absolute atomic E-state index is 0.178. The van der Waals surface area contributed by atoms with Crippen molar-refractivity contribution >= 4 is 21.7 Å². The quantitative estimate of drug-likeness (QED) is 0.542. The van der Waals surface area contributed by atoms with Crippen LogP contribution in [0.25, 0.3) is 11.3 Å². The molecule has 0 amide bonds. The maximum Gasteiger partial charge on any atom is 0.240 e. The Kier molecular flexibility index (Phi) is 6.99. The lowest BCUT2D eigenvalue weighted by atomic mass is 10.1. The molecule has 9 heteroatoms. The second-order valence-corrected chi connectivity index (χ2v) is 8.61. The highest BCUT2D eigenvalue weighted by Gasteiger charge is 2.14. The smallest absolute Gasteiger partial charge is 0.240 e. The Morgan fingerprint density at radius 2 is 1.83 bits per heavy atom. The van der Waals surface area contributed by atoms with Gasteiger partial charge in [-0.05, 0) is 62.6 Å². The van der Waals surface area contributed by atoms with Gasteiger partial charge >= 0.3 is 0 Å². The second kappa shape index (κ2) is 9.66. The summed E-state index contributed by atoms with van der Waals surface area (Å²) in [4.78, 5) is 10.8. The molecule has 30 heavy (non-hydrogen) atoms. The molecule has 3 aromatic rings. The summed E-state index contributed by atoms with van der Waals surface area (Å²) < 4.78 is 32.8. The number of benzene rings is 2. The van der Waals surface area contributed by atoms with Crippen molar-refractivity contribution in [2.24, 2.45) is 0 Å². The van der Waals surface area contributed by atoms with Gasteiger partial charge in [0.05, 0.1) is 17.7 Å². The minimum Gasteiger partial charge on any atom is -0.497 e. The summed E-state index contributed by atoms with van der Waals surface area (Å²) in [6.07, 6.45) is 1.65. The highest BCUT2D eigenvalue weighted by atomic mass is 32.2. The molecular formula is C21H25N5O3S. The van der Waals surface area contributed by atoms with Crippen LogP contribution in [-0.2, 0) is 10.0 Å². The van der Waals surface area contributed by atoms with Crippen LogP contribution in [0.3, 0.4) is 0 Å². The van der Waals surface area contributed by atoms with Crippen LogP contribution in [0, 0.1) is 0 Å². The highest BCUT2D eigenvalue weighted by molar-refractivity contribution is 7.89. The van der Waals surface area contributed by atoms with E-state index in [1.807, 2.05) is 49.3 Å². The molecule has 0 atom stereocenters. The number of methoxy groups -OCH3 is 1. The molecule has 0 radical (unpaired) electrons. The largest absolute Gasteiger partial charge is 0.497 e. The fourth-order valence-corrected chi connectivity index (χ4v) is 3.77. The second-order valence-electron chi connectivity index (χ2n) is 6.85. The van der Waals surface area contributed by atoms with Gasteiger partial charge in [0.1, 0.15) is 5.75 Å². The summed E-state index contributed by atoms with van der Waals surface area (Å²) in [5.41, 5.74) is 2.24. The van der Waals surface area contributed by atoms with Gasteiger partial charge in [0.25, 0.3) is 0 Å². The number of hydrogen-bond donors (Lipinski definition) is 2. The van der Waals surface area contributed by atoms with Gasteiger partial charge in [0.15, 0.2) is 0 Å². The normalized spacial score (nSPS) is 11.5. The van der Waals surface area contributed by atoms with Gasteiger partial charge in [-0.3, -0.25) is 0 Å². The molecule has 2 N–H and O–H groups in total. The first-order valence-corrected chi connectivity index (χ1v) is 10.8. The van der Waals surface area contributed by atoms with Crippen molar-refractivity contribution in [3.63, 3.8) is 0 Å². The topological polar surface area (TPSA) is 96.4 Å². The SMILES string of the molecule is COc1ccc(-c2ccnc(Nc3cccc(S(=O)(=O)NCCN(C)C)c3)n2)cc1. The van der Waals surface area contributed by atoms with Gasteiger partial charge in [-0.1, -0.05) is 6.07 Å². The number of sulfonamides is 1. The monoisotopic (exact) mass is 427 g/mol. The summed E-state index contributed by atoms with van der Waals surface area (Å²) in [5.74, 6) is 1.14. The van der Waals surface area contributed by atoms with E-state index in [4.69, 9.17) is 4.74 Å². The van der Waals surface area contributed by atoms with Gasteiger partial charge in [-0.15, -0.1) is 0 Å². The molecule has 0 aliphatic carbocycles. The van der Waals surface area contributed by atoms with Crippen LogP contribution in [0.1, 0.15) is 0 Å². The summed E-state index contributed by atoms with van der Waals surface area (Å²) in [6, 6.07) is 15.9. The molecule has 0 aliphatic rings. The fraction of sp³-hybridized carbons (Fsp3) is 0.238. The molecule has 0 fully saturated rings. The number of aromatic nitrogens is 2. The Balaban J connectivity index is 1.76. The number of rotatable bonds is 9. The predicted octanol–water partition coefficient (Wildman–Crippen LogP) is 2.74. The van der Waals surface area contributed by atoms with E-state index in [1.165, 1.54) is 0 Å². The van der Waals surface area contributed by atoms with Gasteiger partial charge in [-0.25, -0.2) is 23.1 Å². The van der Waals surface area contributed by atoms with E-state index < -0.39 is 10.0 Å². The van der Waals surface area contributed by atoms with E-state index in [1.54, 1.807) is 37.6 Å². The van der Waals surface area contributed by atoms with Gasteiger partial charge in [0, 0.05) is 30.5 Å². The van der Waals surface area contributed by atoms with E-state index in [-0.39, 0.29) is 4.90 Å². The van der Waals surface area contributed by atoms with Crippen molar-refractivity contribution in [2.75, 3.05) is 39.6 Å². The molecule has 158 valence electrons. The van der Waals surface area contributed by atoms with E-state index in [0.29, 0.717) is 24.7 Å². The lowest BCUT2D eigenvalue weighted by molar-refractivity contribution is 0.412. The van der Waals surface area contributed by atoms with Crippen LogP contribution in [0.4, 0.5) is 11.6 Å². The fourth-order valence-electron chi connectivity index (χ4n) is 2.70. The Morgan fingerprint density at radius 3 is 2.53 bits per heavy atom. The molecule has 1 aromatic heterocycles. The lowest BCUT2D eigenvalue weighted by Crippen LogP contribution is -2.31. The first-order valence-electron chi connectivity index (χ1n) is 9.36. The molecule has 0 bridgehead atoms. The van der Waals surface area contributed by atoms with Crippen LogP contribution in [0.5, 0.6) is 5.75 Å². The zero-order valence-electron chi connectivity index (χ0n) is 17.2. The Bertz CT molecular complexity index is 1090. The van der Waals surface area contributed by atoms with Gasteiger partial charge in [-0.2, -0.15) is 0 Å². The number of hydrogen-bond acceptors (Lipinski definition) is 7. The molecule has 0 aliphatic heterocycles. The third-order valence-electron chi connectivity index (χ3n) is 4.29. The lowest BCUT2D eigenvalue weighted by Gasteiger charge is -2.12. The zero-order valence-corrected chi connectivity index (χ0v) is 18.0. The average molecular weight is 428 g/mol. The molecule has 8 nitrogen and oxygen atoms in total. The van der Waals surface area contributed by atoms with E-state index in [9.17, 15) is 8.42 Å². The maximum atomic E-state index is 12.5. The number of nitrogens with zero attached hydrogens (tertiary/aromatic N) is 3. The van der Waals surface area contributed by atoms with Crippen LogP contribution in [-0.4, -0.2) is 57.6 Å². The third-order valence-corrected chi connectivity index (χ3v) is 5.75. The van der Waals surface area contributed by atoms with Crippen molar-refractivity contribution in [2.45, 2.75) is 4.90 Å². The van der Waals surface area contributed by atoms with Crippen molar-refractivity contribution in [3.8, 4) is 17.0 Å². The van der Waals surface area contributed by atoms with Gasteiger partial charge < -0.3 is 15.0 Å². The number of nitrogens with one attached hydrogen (secondary N) is 2. The van der Waals surface area contributed by atoms with Crippen LogP contribution in [0.2, 0.25) is 0 Å². The number of anilines is 2. The number of ether oxygens (including phenoxy) is 1. The molecular weight excluding hydrogens is 402 g/mol. The van der Waals surface area contributed by atoms with E-state index >= 15 is 0 Å². The van der Waals surface area contributed by atoms with E-state index in [2.05, 4.69) is 20.0 Å². The summed E-state index contributed by atoms with van der Waals surface area (Å²) in [6.45, 7) is 0.948. The highest BCUT2D eigenvalue weighted by Crippen LogP contribution is 2.23. The van der Waals surface area contributed by atoms with Crippen molar-refractivity contribution in [1.29, 1.82) is 0 Å². The Hall–Kier alpha value is -3.01. The molecule has 0 unspecified atom stereocenters. The zero-order chi connectivity index (χ0) is 21.6. The molecule has 0 spiro atoms. The standard InChI is InChI=1S/C21H25N5O3S/c1-26(2)14-13-23-30(27,28)19-6-4-5-17(15-19)24-21-22-12-11-20(25-21)16-7-9-18(29-3)10-8-16/h4-12,15,23H,13-14H2,1-3H3,(H,22,24,25). The van der Waals surface area contributed by atoms with Crippen molar-refractivity contribution in [1.82, 2.24) is 19.6 Å². The summed E-state index contributed by atoms with van der Waals surface area (Å²) in [5, 5.41) is 3.08. The molecule has 1 heterocycles. The molecule has 0 saturated carbocycles. The third kappa shape index (κ3) is 5.76. The minimum atomic E-state index is -3.60. The van der Waals surface area contributed by atoms with Crippen molar-refractivity contribution < 1.29 is 13.2 Å². The first-order chi connectivity index (χ1) is 14.4. The first kappa shape index (κ1) is 21.7. The van der Waals surface area contributed by atoms with Crippen LogP contribution in [0.15, 0.2) is 65.7 Å². The van der Waals surface area contributed by atoms with Gasteiger partial charge in [0.2, 0.25) is 16.0 Å². The average Bonchev–Trinajstić information content (AvgIpc) is 2.74. The van der Waals surface area contributed by atoms with Crippen LogP contribution >= 0.6 is 0 Å². The number of likely N-dealkylation sites (N-methyl/N-ethyl adjacent to an activating group) is 1. The van der Waals surface area contributed by atoms with Crippen LogP contribution < -0.4 is 14.8 Å². The predicted molar refractivity (Wildman–Crippen MR) is 117 cm³/mol. The van der Waals surface area contributed by atoms with E-state index in [0.717, 1.165) is 17.0 Å². The Morgan fingerprint density at radius 1 is 1.07 bits per heavy atom. The summed E-state index contributed by atoms with van der Waals surface area (Å²) >= 11 is 0. The molecule has 3 rings (SSSR count). The summed E-state index contributed by atoms with van der Waals surface area (Å²) in [7, 11) is 1.80.